The Morgan fingerprint density at radius 1 is 1.00 bits per heavy atom. The molecule has 0 aliphatic heterocycles. The summed E-state index contributed by atoms with van der Waals surface area (Å²) in [6, 6.07) is 16.1. The van der Waals surface area contributed by atoms with Crippen LogP contribution in [0.1, 0.15) is 30.9 Å². The highest BCUT2D eigenvalue weighted by atomic mass is 16.5. The van der Waals surface area contributed by atoms with Gasteiger partial charge in [0.1, 0.15) is 12.5 Å². The van der Waals surface area contributed by atoms with Crippen molar-refractivity contribution in [3.8, 4) is 11.1 Å². The van der Waals surface area contributed by atoms with Crippen molar-refractivity contribution in [2.45, 2.75) is 25.9 Å². The van der Waals surface area contributed by atoms with Crippen LogP contribution in [0.15, 0.2) is 48.5 Å². The second kappa shape index (κ2) is 10.0. The summed E-state index contributed by atoms with van der Waals surface area (Å²) in [4.78, 5) is 17.1. The number of aliphatic hydroxyl groups is 1. The minimum absolute atomic E-state index is 0.209. The zero-order chi connectivity index (χ0) is 20.8. The Morgan fingerprint density at radius 2 is 1.55 bits per heavy atom. The Hall–Kier alpha value is -2.21. The molecule has 5 nitrogen and oxygen atoms in total. The van der Waals surface area contributed by atoms with Crippen LogP contribution >= 0.6 is 0 Å². The summed E-state index contributed by atoms with van der Waals surface area (Å²) >= 11 is 0. The van der Waals surface area contributed by atoms with Gasteiger partial charge >= 0.3 is 5.97 Å². The topological polar surface area (TPSA) is 53.0 Å². The molecule has 29 heavy (non-hydrogen) atoms. The van der Waals surface area contributed by atoms with Gasteiger partial charge in [0.05, 0.1) is 6.10 Å². The highest BCUT2D eigenvalue weighted by molar-refractivity contribution is 5.93. The first-order valence-electron chi connectivity index (χ1n) is 10.5. The van der Waals surface area contributed by atoms with Crippen LogP contribution in [0.5, 0.6) is 0 Å². The van der Waals surface area contributed by atoms with Crippen molar-refractivity contribution in [2.24, 2.45) is 0 Å². The summed E-state index contributed by atoms with van der Waals surface area (Å²) in [5.74, 6) is -0.569. The fourth-order valence-corrected chi connectivity index (χ4v) is 4.08. The Labute approximate surface area is 173 Å². The van der Waals surface area contributed by atoms with Gasteiger partial charge in [-0.25, -0.2) is 0 Å². The average molecular weight is 397 g/mol. The van der Waals surface area contributed by atoms with E-state index in [0.29, 0.717) is 26.2 Å². The van der Waals surface area contributed by atoms with Crippen molar-refractivity contribution in [3.63, 3.8) is 0 Å². The molecule has 1 aliphatic rings. The predicted molar refractivity (Wildman–Crippen MR) is 116 cm³/mol. The minimum Gasteiger partial charge on any atom is -0.464 e. The first-order chi connectivity index (χ1) is 14.0. The zero-order valence-corrected chi connectivity index (χ0v) is 17.7. The standard InChI is InChI=1S/C24H32N2O3/c1-4-26(5-2)17-18(27)16-25(3)14-15-29-24(28)23-21-12-8-6-10-19(21)20-11-7-9-13-22(20)23/h6-13,18,23,27H,4-5,14-17H2,1-3H3. The molecular weight excluding hydrogens is 364 g/mol. The number of benzene rings is 2. The molecule has 1 atom stereocenters. The molecule has 0 saturated carbocycles. The quantitative estimate of drug-likeness (QED) is 0.626. The van der Waals surface area contributed by atoms with E-state index in [1.54, 1.807) is 0 Å². The van der Waals surface area contributed by atoms with Gasteiger partial charge in [0.2, 0.25) is 0 Å². The molecule has 0 aromatic heterocycles. The smallest absolute Gasteiger partial charge is 0.318 e. The molecule has 0 saturated heterocycles. The molecule has 0 fully saturated rings. The number of rotatable bonds is 10. The van der Waals surface area contributed by atoms with Crippen molar-refractivity contribution in [1.29, 1.82) is 0 Å². The number of esters is 1. The van der Waals surface area contributed by atoms with Crippen molar-refractivity contribution < 1.29 is 14.6 Å². The molecule has 1 N–H and O–H groups in total. The lowest BCUT2D eigenvalue weighted by Crippen LogP contribution is -2.40. The van der Waals surface area contributed by atoms with Crippen molar-refractivity contribution in [3.05, 3.63) is 59.7 Å². The first kappa shape index (κ1) is 21.5. The Morgan fingerprint density at radius 3 is 2.10 bits per heavy atom. The predicted octanol–water partition coefficient (Wildman–Crippen LogP) is 2.98. The van der Waals surface area contributed by atoms with E-state index in [2.05, 4.69) is 30.9 Å². The summed E-state index contributed by atoms with van der Waals surface area (Å²) in [5.41, 5.74) is 4.26. The van der Waals surface area contributed by atoms with Crippen LogP contribution in [0, 0.1) is 0 Å². The minimum atomic E-state index is -0.413. The van der Waals surface area contributed by atoms with Crippen LogP contribution in [-0.2, 0) is 9.53 Å². The van der Waals surface area contributed by atoms with E-state index in [1.807, 2.05) is 48.3 Å². The van der Waals surface area contributed by atoms with E-state index in [9.17, 15) is 9.90 Å². The number of fused-ring (bicyclic) bond motifs is 3. The van der Waals surface area contributed by atoms with E-state index in [4.69, 9.17) is 4.74 Å². The molecule has 0 bridgehead atoms. The number of nitrogens with zero attached hydrogens (tertiary/aromatic N) is 2. The molecule has 156 valence electrons. The Kier molecular flexibility index (Phi) is 7.42. The monoisotopic (exact) mass is 396 g/mol. The van der Waals surface area contributed by atoms with E-state index in [-0.39, 0.29) is 11.9 Å². The van der Waals surface area contributed by atoms with E-state index >= 15 is 0 Å². The van der Waals surface area contributed by atoms with E-state index in [1.165, 1.54) is 0 Å². The van der Waals surface area contributed by atoms with Crippen LogP contribution < -0.4 is 0 Å². The molecule has 5 heteroatoms. The van der Waals surface area contributed by atoms with Crippen molar-refractivity contribution >= 4 is 5.97 Å². The molecule has 0 amide bonds. The van der Waals surface area contributed by atoms with E-state index in [0.717, 1.165) is 35.3 Å². The van der Waals surface area contributed by atoms with Gasteiger partial charge in [-0.2, -0.15) is 0 Å². The normalized spacial score (nSPS) is 14.1. The Balaban J connectivity index is 1.54. The number of ether oxygens (including phenoxy) is 1. The second-order valence-electron chi connectivity index (χ2n) is 7.68. The molecule has 3 rings (SSSR count). The maximum absolute atomic E-state index is 12.9. The van der Waals surface area contributed by atoms with Gasteiger partial charge in [-0.05, 0) is 42.4 Å². The lowest BCUT2D eigenvalue weighted by molar-refractivity contribution is -0.144. The van der Waals surface area contributed by atoms with Gasteiger partial charge in [-0.3, -0.25) is 4.79 Å². The van der Waals surface area contributed by atoms with Crippen molar-refractivity contribution in [2.75, 3.05) is 46.4 Å². The fraction of sp³-hybridized carbons (Fsp3) is 0.458. The van der Waals surface area contributed by atoms with Gasteiger partial charge in [-0.1, -0.05) is 62.4 Å². The molecule has 2 aromatic rings. The summed E-state index contributed by atoms with van der Waals surface area (Å²) in [7, 11) is 1.94. The number of carbonyl (C=O) groups excluding carboxylic acids is 1. The summed E-state index contributed by atoms with van der Waals surface area (Å²) in [5, 5.41) is 10.3. The fourth-order valence-electron chi connectivity index (χ4n) is 4.08. The van der Waals surface area contributed by atoms with Crippen LogP contribution in [0.2, 0.25) is 0 Å². The zero-order valence-electron chi connectivity index (χ0n) is 17.7. The number of carbonyl (C=O) groups is 1. The molecular formula is C24H32N2O3. The third-order valence-electron chi connectivity index (χ3n) is 5.67. The third kappa shape index (κ3) is 5.04. The number of hydrogen-bond donors (Lipinski definition) is 1. The van der Waals surface area contributed by atoms with Gasteiger partial charge < -0.3 is 19.6 Å². The highest BCUT2D eigenvalue weighted by Crippen LogP contribution is 2.44. The third-order valence-corrected chi connectivity index (χ3v) is 5.67. The Bertz CT molecular complexity index is 774. The molecule has 2 aromatic carbocycles. The molecule has 0 spiro atoms. The molecule has 0 radical (unpaired) electrons. The first-order valence-corrected chi connectivity index (χ1v) is 10.5. The van der Waals surface area contributed by atoms with Gasteiger partial charge in [-0.15, -0.1) is 0 Å². The highest BCUT2D eigenvalue weighted by Gasteiger charge is 2.34. The summed E-state index contributed by atoms with van der Waals surface area (Å²) in [6.07, 6.45) is -0.413. The molecule has 1 aliphatic carbocycles. The average Bonchev–Trinajstić information content (AvgIpc) is 3.06. The van der Waals surface area contributed by atoms with Crippen LogP contribution in [-0.4, -0.2) is 73.4 Å². The van der Waals surface area contributed by atoms with Crippen LogP contribution in [0.25, 0.3) is 11.1 Å². The SMILES string of the molecule is CCN(CC)CC(O)CN(C)CCOC(=O)C1c2ccccc2-c2ccccc21. The number of hydrogen-bond acceptors (Lipinski definition) is 5. The maximum Gasteiger partial charge on any atom is 0.318 e. The number of aliphatic hydroxyl groups excluding tert-OH is 1. The van der Waals surface area contributed by atoms with Gasteiger partial charge in [0, 0.05) is 19.6 Å². The second-order valence-corrected chi connectivity index (χ2v) is 7.68. The summed E-state index contributed by atoms with van der Waals surface area (Å²) < 4.78 is 5.64. The number of likely N-dealkylation sites (N-methyl/N-ethyl adjacent to an activating group) is 2. The van der Waals surface area contributed by atoms with Crippen molar-refractivity contribution in [1.82, 2.24) is 9.80 Å². The van der Waals surface area contributed by atoms with Crippen LogP contribution in [0.4, 0.5) is 0 Å². The molecule has 1 unspecified atom stereocenters. The van der Waals surface area contributed by atoms with Crippen LogP contribution in [0.3, 0.4) is 0 Å². The van der Waals surface area contributed by atoms with E-state index < -0.39 is 6.10 Å². The molecule has 0 heterocycles. The lowest BCUT2D eigenvalue weighted by Gasteiger charge is -2.25. The maximum atomic E-state index is 12.9. The van der Waals surface area contributed by atoms with Gasteiger partial charge in [0.15, 0.2) is 0 Å². The largest absolute Gasteiger partial charge is 0.464 e. The van der Waals surface area contributed by atoms with Gasteiger partial charge in [0.25, 0.3) is 0 Å². The lowest BCUT2D eigenvalue weighted by atomic mass is 9.97. The summed E-state index contributed by atoms with van der Waals surface area (Å²) in [6.45, 7) is 8.18.